The summed E-state index contributed by atoms with van der Waals surface area (Å²) in [6.07, 6.45) is 0. The van der Waals surface area contributed by atoms with Crippen LogP contribution in [-0.4, -0.2) is 0 Å². The summed E-state index contributed by atoms with van der Waals surface area (Å²) >= 11 is 0. The van der Waals surface area contributed by atoms with Gasteiger partial charge in [-0.05, 0) is 121 Å². The van der Waals surface area contributed by atoms with Crippen molar-refractivity contribution in [1.82, 2.24) is 0 Å². The van der Waals surface area contributed by atoms with Crippen molar-refractivity contribution >= 4 is 39.0 Å². The van der Waals surface area contributed by atoms with E-state index in [2.05, 4.69) is 243 Å². The molecule has 308 valence electrons. The van der Waals surface area contributed by atoms with Crippen molar-refractivity contribution in [2.24, 2.45) is 0 Å². The highest BCUT2D eigenvalue weighted by Gasteiger charge is 2.37. The van der Waals surface area contributed by atoms with Crippen LogP contribution >= 0.6 is 0 Å². The van der Waals surface area contributed by atoms with Gasteiger partial charge in [-0.15, -0.1) is 0 Å². The Balaban J connectivity index is 0.888. The predicted molar refractivity (Wildman–Crippen MR) is 273 cm³/mol. The van der Waals surface area contributed by atoms with Gasteiger partial charge in [-0.3, -0.25) is 0 Å². The first-order chi connectivity index (χ1) is 32.0. The lowest BCUT2D eigenvalue weighted by molar-refractivity contribution is 0.660. The number of nitrogens with zero attached hydrogens (tertiary/aromatic N) is 1. The van der Waals surface area contributed by atoms with Gasteiger partial charge in [0.1, 0.15) is 11.2 Å². The molecule has 12 rings (SSSR count). The van der Waals surface area contributed by atoms with Crippen molar-refractivity contribution in [3.63, 3.8) is 0 Å². The van der Waals surface area contributed by atoms with Gasteiger partial charge in [0.15, 0.2) is 0 Å². The Labute approximate surface area is 380 Å². The van der Waals surface area contributed by atoms with Crippen molar-refractivity contribution in [1.29, 1.82) is 0 Å². The molecule has 1 aliphatic rings. The molecule has 1 aliphatic carbocycles. The second-order valence-corrected chi connectivity index (χ2v) is 17.7. The molecule has 0 fully saturated rings. The Morgan fingerprint density at radius 2 is 0.769 bits per heavy atom. The molecule has 0 unspecified atom stereocenters. The zero-order valence-electron chi connectivity index (χ0n) is 36.4. The lowest BCUT2D eigenvalue weighted by atomic mass is 9.81. The summed E-state index contributed by atoms with van der Waals surface area (Å²) in [6, 6.07) is 85.7. The van der Waals surface area contributed by atoms with E-state index < -0.39 is 0 Å². The first-order valence-corrected chi connectivity index (χ1v) is 22.5. The zero-order chi connectivity index (χ0) is 43.5. The van der Waals surface area contributed by atoms with E-state index in [0.29, 0.717) is 0 Å². The number of para-hydroxylation sites is 2. The molecule has 65 heavy (non-hydrogen) atoms. The average molecular weight is 832 g/mol. The lowest BCUT2D eigenvalue weighted by Gasteiger charge is -2.26. The van der Waals surface area contributed by atoms with Crippen LogP contribution in [0.5, 0.6) is 0 Å². The fraction of sp³-hybridized carbons (Fsp3) is 0.0476. The molecule has 0 N–H and O–H groups in total. The van der Waals surface area contributed by atoms with E-state index in [4.69, 9.17) is 4.42 Å². The Morgan fingerprint density at radius 1 is 0.323 bits per heavy atom. The van der Waals surface area contributed by atoms with Crippen LogP contribution in [0.2, 0.25) is 0 Å². The van der Waals surface area contributed by atoms with Gasteiger partial charge in [0, 0.05) is 38.8 Å². The van der Waals surface area contributed by atoms with Crippen LogP contribution in [-0.2, 0) is 5.41 Å². The summed E-state index contributed by atoms with van der Waals surface area (Å²) in [4.78, 5) is 2.35. The van der Waals surface area contributed by atoms with E-state index in [1.54, 1.807) is 0 Å². The molecule has 0 saturated carbocycles. The molecular formula is C63H45NO. The Bertz CT molecular complexity index is 3510. The molecule has 0 aliphatic heterocycles. The monoisotopic (exact) mass is 831 g/mol. The van der Waals surface area contributed by atoms with E-state index in [-0.39, 0.29) is 5.41 Å². The van der Waals surface area contributed by atoms with Crippen molar-refractivity contribution in [3.05, 3.63) is 248 Å². The van der Waals surface area contributed by atoms with Gasteiger partial charge in [-0.25, -0.2) is 0 Å². The van der Waals surface area contributed by atoms with Crippen LogP contribution in [0.4, 0.5) is 17.1 Å². The second-order valence-electron chi connectivity index (χ2n) is 17.7. The van der Waals surface area contributed by atoms with E-state index in [1.165, 1.54) is 66.8 Å². The molecule has 0 radical (unpaired) electrons. The maximum absolute atomic E-state index is 6.43. The summed E-state index contributed by atoms with van der Waals surface area (Å²) in [5, 5.41) is 2.27. The van der Waals surface area contributed by atoms with Gasteiger partial charge in [0.05, 0.1) is 0 Å². The van der Waals surface area contributed by atoms with Crippen molar-refractivity contribution in [3.8, 4) is 66.8 Å². The van der Waals surface area contributed by atoms with Crippen LogP contribution in [0.15, 0.2) is 241 Å². The molecule has 2 nitrogen and oxygen atoms in total. The molecule has 11 aromatic rings. The van der Waals surface area contributed by atoms with E-state index in [1.807, 2.05) is 12.1 Å². The highest BCUT2D eigenvalue weighted by Crippen LogP contribution is 2.53. The molecule has 2 heteroatoms. The zero-order valence-corrected chi connectivity index (χ0v) is 36.4. The molecule has 10 aromatic carbocycles. The van der Waals surface area contributed by atoms with E-state index in [9.17, 15) is 0 Å². The number of hydrogen-bond donors (Lipinski definition) is 0. The highest BCUT2D eigenvalue weighted by atomic mass is 16.3. The summed E-state index contributed by atoms with van der Waals surface area (Å²) < 4.78 is 6.43. The Kier molecular flexibility index (Phi) is 9.21. The fourth-order valence-electron chi connectivity index (χ4n) is 10.1. The van der Waals surface area contributed by atoms with Gasteiger partial charge < -0.3 is 9.32 Å². The summed E-state index contributed by atoms with van der Waals surface area (Å²) in [5.41, 5.74) is 22.3. The largest absolute Gasteiger partial charge is 0.455 e. The maximum atomic E-state index is 6.43. The van der Waals surface area contributed by atoms with Crippen LogP contribution in [0.3, 0.4) is 0 Å². The minimum absolute atomic E-state index is 0.147. The smallest absolute Gasteiger partial charge is 0.143 e. The molecule has 1 aromatic heterocycles. The van der Waals surface area contributed by atoms with Crippen LogP contribution in [0.1, 0.15) is 25.0 Å². The number of rotatable bonds is 8. The topological polar surface area (TPSA) is 16.4 Å². The SMILES string of the molecule is CC1(C)c2cc(-c3ccc(N(c4ccc(-c5ccccc5)cc4)c4ccc(-c5cccc6c5oc5ccccc56)cc4)cc3)ccc2-c2c(-c3ccc(-c4ccccc4)cc3)cccc21. The number of furan rings is 1. The predicted octanol–water partition coefficient (Wildman–Crippen LogP) is 17.7. The average Bonchev–Trinajstić information content (AvgIpc) is 3.87. The van der Waals surface area contributed by atoms with E-state index in [0.717, 1.165) is 50.1 Å². The summed E-state index contributed by atoms with van der Waals surface area (Å²) in [7, 11) is 0. The maximum Gasteiger partial charge on any atom is 0.143 e. The standard InChI is InChI=1S/C63H45NO/c1-63(2)58-21-12-18-53(47-25-23-44(24-26-47)42-13-5-3-6-14-42)61(58)57-40-33-49(41-59(57)63)46-29-36-51(37-30-46)64(50-34-27-45(28-35-50)43-15-7-4-8-16-43)52-38-31-48(32-39-52)54-19-11-20-56-55-17-9-10-22-60(55)65-62(54)56/h3-41H,1-2H3. The lowest BCUT2D eigenvalue weighted by Crippen LogP contribution is -2.15. The minimum atomic E-state index is -0.147. The number of benzene rings is 10. The van der Waals surface area contributed by atoms with Gasteiger partial charge in [-0.1, -0.05) is 202 Å². The molecule has 1 heterocycles. The van der Waals surface area contributed by atoms with Crippen LogP contribution < -0.4 is 4.90 Å². The third-order valence-electron chi connectivity index (χ3n) is 13.5. The first-order valence-electron chi connectivity index (χ1n) is 22.5. The molecule has 0 bridgehead atoms. The number of anilines is 3. The van der Waals surface area contributed by atoms with Crippen LogP contribution in [0.25, 0.3) is 88.7 Å². The molecule has 0 saturated heterocycles. The summed E-state index contributed by atoms with van der Waals surface area (Å²) in [5.74, 6) is 0. The number of hydrogen-bond acceptors (Lipinski definition) is 2. The Hall–Kier alpha value is -8.20. The molecule has 0 atom stereocenters. The van der Waals surface area contributed by atoms with Gasteiger partial charge in [0.25, 0.3) is 0 Å². The highest BCUT2D eigenvalue weighted by molar-refractivity contribution is 6.09. The normalized spacial score (nSPS) is 12.6. The minimum Gasteiger partial charge on any atom is -0.455 e. The van der Waals surface area contributed by atoms with Crippen LogP contribution in [0, 0.1) is 0 Å². The van der Waals surface area contributed by atoms with Crippen molar-refractivity contribution in [2.45, 2.75) is 19.3 Å². The molecular weight excluding hydrogens is 787 g/mol. The Morgan fingerprint density at radius 3 is 1.40 bits per heavy atom. The third kappa shape index (κ3) is 6.65. The van der Waals surface area contributed by atoms with Crippen molar-refractivity contribution < 1.29 is 4.42 Å². The fourth-order valence-corrected chi connectivity index (χ4v) is 10.1. The van der Waals surface area contributed by atoms with Gasteiger partial charge >= 0.3 is 0 Å². The first kappa shape index (κ1) is 38.5. The second kappa shape index (κ2) is 15.6. The summed E-state index contributed by atoms with van der Waals surface area (Å²) in [6.45, 7) is 4.74. The quantitative estimate of drug-likeness (QED) is 0.152. The molecule has 0 spiro atoms. The van der Waals surface area contributed by atoms with Crippen molar-refractivity contribution in [2.75, 3.05) is 4.90 Å². The van der Waals surface area contributed by atoms with E-state index >= 15 is 0 Å². The number of fused-ring (bicyclic) bond motifs is 6. The van der Waals surface area contributed by atoms with Gasteiger partial charge in [-0.2, -0.15) is 0 Å². The van der Waals surface area contributed by atoms with Gasteiger partial charge in [0.2, 0.25) is 0 Å². The molecule has 0 amide bonds. The third-order valence-corrected chi connectivity index (χ3v) is 13.5.